The molecule has 108 valence electrons. The Balaban J connectivity index is 2.65. The fourth-order valence-corrected chi connectivity index (χ4v) is 3.72. The average Bonchev–Trinajstić information content (AvgIpc) is 2.38. The van der Waals surface area contributed by atoms with E-state index in [1.165, 1.54) is 12.8 Å². The van der Waals surface area contributed by atoms with Crippen LogP contribution in [0.2, 0.25) is 0 Å². The van der Waals surface area contributed by atoms with Gasteiger partial charge in [0.1, 0.15) is 0 Å². The van der Waals surface area contributed by atoms with Gasteiger partial charge in [-0.05, 0) is 49.9 Å². The number of hydrogen-bond acceptors (Lipinski definition) is 2. The van der Waals surface area contributed by atoms with Gasteiger partial charge in [-0.2, -0.15) is 0 Å². The highest BCUT2D eigenvalue weighted by atomic mass is 16.3. The van der Waals surface area contributed by atoms with E-state index in [-0.39, 0.29) is 11.5 Å². The molecule has 1 aliphatic carbocycles. The van der Waals surface area contributed by atoms with Crippen molar-refractivity contribution in [3.05, 3.63) is 0 Å². The van der Waals surface area contributed by atoms with Gasteiger partial charge < -0.3 is 10.8 Å². The number of nitrogens with two attached hydrogens (primary N) is 1. The zero-order chi connectivity index (χ0) is 13.8. The topological polar surface area (TPSA) is 46.2 Å². The fourth-order valence-electron chi connectivity index (χ4n) is 3.72. The molecule has 0 heterocycles. The van der Waals surface area contributed by atoms with Crippen molar-refractivity contribution in [2.75, 3.05) is 6.54 Å². The molecule has 0 bridgehead atoms. The first-order chi connectivity index (χ1) is 8.46. The zero-order valence-corrected chi connectivity index (χ0v) is 12.8. The van der Waals surface area contributed by atoms with E-state index in [4.69, 9.17) is 5.73 Å². The molecular formula is C16H33NO. The summed E-state index contributed by atoms with van der Waals surface area (Å²) in [6.45, 7) is 9.65. The first-order valence-electron chi connectivity index (χ1n) is 7.85. The van der Waals surface area contributed by atoms with Gasteiger partial charge in [0.05, 0.1) is 6.10 Å². The van der Waals surface area contributed by atoms with Gasteiger partial charge in [0.15, 0.2) is 0 Å². The molecule has 1 fully saturated rings. The summed E-state index contributed by atoms with van der Waals surface area (Å²) in [7, 11) is 0. The molecule has 1 saturated carbocycles. The largest absolute Gasteiger partial charge is 0.392 e. The molecule has 0 amide bonds. The van der Waals surface area contributed by atoms with E-state index in [0.717, 1.165) is 37.5 Å². The van der Waals surface area contributed by atoms with Gasteiger partial charge in [-0.3, -0.25) is 0 Å². The maximum atomic E-state index is 10.7. The van der Waals surface area contributed by atoms with Crippen LogP contribution in [0.5, 0.6) is 0 Å². The quantitative estimate of drug-likeness (QED) is 0.762. The van der Waals surface area contributed by atoms with Crippen molar-refractivity contribution in [3.8, 4) is 0 Å². The molecule has 0 saturated heterocycles. The number of rotatable bonds is 6. The van der Waals surface area contributed by atoms with Crippen LogP contribution in [0.25, 0.3) is 0 Å². The SMILES string of the molecule is CCCC(C)C(O)C1(CN)CCC(C(C)C)CC1. The molecule has 3 N–H and O–H groups in total. The molecule has 0 spiro atoms. The van der Waals surface area contributed by atoms with Crippen LogP contribution in [0.4, 0.5) is 0 Å². The highest BCUT2D eigenvalue weighted by Gasteiger charge is 2.42. The third kappa shape index (κ3) is 3.48. The van der Waals surface area contributed by atoms with Gasteiger partial charge in [0.25, 0.3) is 0 Å². The van der Waals surface area contributed by atoms with Crippen molar-refractivity contribution in [3.63, 3.8) is 0 Å². The Hall–Kier alpha value is -0.0800. The van der Waals surface area contributed by atoms with E-state index in [2.05, 4.69) is 27.7 Å². The second kappa shape index (κ2) is 6.91. The Kier molecular flexibility index (Phi) is 6.13. The molecule has 2 unspecified atom stereocenters. The second-order valence-electron chi connectivity index (χ2n) is 6.86. The molecule has 0 aromatic carbocycles. The summed E-state index contributed by atoms with van der Waals surface area (Å²) in [5.41, 5.74) is 6.03. The second-order valence-corrected chi connectivity index (χ2v) is 6.86. The fraction of sp³-hybridized carbons (Fsp3) is 1.00. The van der Waals surface area contributed by atoms with E-state index >= 15 is 0 Å². The monoisotopic (exact) mass is 255 g/mol. The maximum Gasteiger partial charge on any atom is 0.0633 e. The lowest BCUT2D eigenvalue weighted by Gasteiger charge is -2.45. The van der Waals surface area contributed by atoms with E-state index in [1.807, 2.05) is 0 Å². The molecule has 2 nitrogen and oxygen atoms in total. The summed E-state index contributed by atoms with van der Waals surface area (Å²) in [6, 6.07) is 0. The minimum Gasteiger partial charge on any atom is -0.392 e. The van der Waals surface area contributed by atoms with Crippen LogP contribution in [0.15, 0.2) is 0 Å². The molecule has 1 rings (SSSR count). The summed E-state index contributed by atoms with van der Waals surface area (Å²) in [4.78, 5) is 0. The summed E-state index contributed by atoms with van der Waals surface area (Å²) >= 11 is 0. The summed E-state index contributed by atoms with van der Waals surface area (Å²) < 4.78 is 0. The van der Waals surface area contributed by atoms with Crippen molar-refractivity contribution in [1.29, 1.82) is 0 Å². The van der Waals surface area contributed by atoms with Crippen molar-refractivity contribution < 1.29 is 5.11 Å². The normalized spacial score (nSPS) is 32.5. The van der Waals surface area contributed by atoms with Crippen LogP contribution in [-0.4, -0.2) is 17.8 Å². The van der Waals surface area contributed by atoms with Crippen molar-refractivity contribution in [2.24, 2.45) is 28.9 Å². The van der Waals surface area contributed by atoms with Gasteiger partial charge >= 0.3 is 0 Å². The predicted molar refractivity (Wildman–Crippen MR) is 78.4 cm³/mol. The van der Waals surface area contributed by atoms with E-state index < -0.39 is 0 Å². The Morgan fingerprint density at radius 3 is 2.17 bits per heavy atom. The van der Waals surface area contributed by atoms with Gasteiger partial charge in [-0.1, -0.05) is 34.1 Å². The van der Waals surface area contributed by atoms with Crippen LogP contribution in [0.1, 0.15) is 66.2 Å². The number of aliphatic hydroxyl groups excluding tert-OH is 1. The van der Waals surface area contributed by atoms with E-state index in [9.17, 15) is 5.11 Å². The summed E-state index contributed by atoms with van der Waals surface area (Å²) in [5, 5.41) is 10.7. The summed E-state index contributed by atoms with van der Waals surface area (Å²) in [6.07, 6.45) is 6.75. The molecule has 2 heteroatoms. The molecule has 0 aromatic heterocycles. The first kappa shape index (κ1) is 16.0. The third-order valence-electron chi connectivity index (χ3n) is 5.29. The molecule has 0 aliphatic heterocycles. The Labute approximate surface area is 113 Å². The lowest BCUT2D eigenvalue weighted by atomic mass is 9.63. The number of hydrogen-bond donors (Lipinski definition) is 2. The Morgan fingerprint density at radius 1 is 1.22 bits per heavy atom. The average molecular weight is 255 g/mol. The van der Waals surface area contributed by atoms with Crippen LogP contribution < -0.4 is 5.73 Å². The van der Waals surface area contributed by atoms with Gasteiger partial charge in [-0.25, -0.2) is 0 Å². The minimum absolute atomic E-state index is 0.0000231. The first-order valence-corrected chi connectivity index (χ1v) is 7.85. The van der Waals surface area contributed by atoms with Gasteiger partial charge in [0.2, 0.25) is 0 Å². The van der Waals surface area contributed by atoms with Crippen molar-refractivity contribution in [2.45, 2.75) is 72.3 Å². The Morgan fingerprint density at radius 2 is 1.78 bits per heavy atom. The predicted octanol–water partition coefficient (Wildman–Crippen LogP) is 3.57. The minimum atomic E-state index is -0.212. The Bertz CT molecular complexity index is 231. The highest BCUT2D eigenvalue weighted by molar-refractivity contribution is 4.94. The zero-order valence-electron chi connectivity index (χ0n) is 12.8. The highest BCUT2D eigenvalue weighted by Crippen LogP contribution is 2.45. The lowest BCUT2D eigenvalue weighted by molar-refractivity contribution is -0.0455. The van der Waals surface area contributed by atoms with Crippen LogP contribution in [-0.2, 0) is 0 Å². The van der Waals surface area contributed by atoms with Crippen molar-refractivity contribution >= 4 is 0 Å². The maximum absolute atomic E-state index is 10.7. The van der Waals surface area contributed by atoms with Crippen molar-refractivity contribution in [1.82, 2.24) is 0 Å². The standard InChI is InChI=1S/C16H33NO/c1-5-6-13(4)15(18)16(11-17)9-7-14(8-10-16)12(2)3/h12-15,18H,5-11,17H2,1-4H3. The lowest BCUT2D eigenvalue weighted by Crippen LogP contribution is -2.47. The summed E-state index contributed by atoms with van der Waals surface area (Å²) in [5.74, 6) is 1.98. The van der Waals surface area contributed by atoms with Gasteiger partial charge in [0, 0.05) is 12.0 Å². The third-order valence-corrected chi connectivity index (χ3v) is 5.29. The van der Waals surface area contributed by atoms with E-state index in [0.29, 0.717) is 12.5 Å². The molecule has 0 radical (unpaired) electrons. The van der Waals surface area contributed by atoms with Crippen LogP contribution in [0.3, 0.4) is 0 Å². The molecule has 2 atom stereocenters. The molecular weight excluding hydrogens is 222 g/mol. The molecule has 1 aliphatic rings. The van der Waals surface area contributed by atoms with Gasteiger partial charge in [-0.15, -0.1) is 0 Å². The molecule has 0 aromatic rings. The number of aliphatic hydroxyl groups is 1. The van der Waals surface area contributed by atoms with Crippen LogP contribution >= 0.6 is 0 Å². The molecule has 18 heavy (non-hydrogen) atoms. The van der Waals surface area contributed by atoms with Crippen LogP contribution in [0, 0.1) is 23.2 Å². The smallest absolute Gasteiger partial charge is 0.0633 e. The van der Waals surface area contributed by atoms with E-state index in [1.54, 1.807) is 0 Å².